The van der Waals surface area contributed by atoms with Crippen molar-refractivity contribution in [1.29, 1.82) is 5.26 Å². The summed E-state index contributed by atoms with van der Waals surface area (Å²) in [6.07, 6.45) is 2.48. The van der Waals surface area contributed by atoms with Crippen LogP contribution in [0, 0.1) is 17.1 Å². The van der Waals surface area contributed by atoms with Gasteiger partial charge in [0.25, 0.3) is 5.56 Å². The van der Waals surface area contributed by atoms with E-state index in [1.54, 1.807) is 18.5 Å². The number of benzene rings is 1. The van der Waals surface area contributed by atoms with Gasteiger partial charge in [-0.25, -0.2) is 23.7 Å². The number of rotatable bonds is 5. The van der Waals surface area contributed by atoms with E-state index in [9.17, 15) is 14.4 Å². The predicted molar refractivity (Wildman–Crippen MR) is 130 cm³/mol. The van der Waals surface area contributed by atoms with Crippen molar-refractivity contribution in [2.75, 3.05) is 11.9 Å². The lowest BCUT2D eigenvalue weighted by molar-refractivity contribution is 0.530. The van der Waals surface area contributed by atoms with E-state index in [0.29, 0.717) is 29.3 Å². The zero-order valence-corrected chi connectivity index (χ0v) is 19.8. The van der Waals surface area contributed by atoms with Gasteiger partial charge in [0, 0.05) is 25.0 Å². The molecule has 3 aromatic heterocycles. The molecule has 0 saturated carbocycles. The molecule has 0 amide bonds. The van der Waals surface area contributed by atoms with Gasteiger partial charge >= 0.3 is 0 Å². The largest absolute Gasteiger partial charge is 0.324 e. The van der Waals surface area contributed by atoms with Crippen LogP contribution >= 0.6 is 0 Å². The van der Waals surface area contributed by atoms with Gasteiger partial charge in [-0.3, -0.25) is 4.79 Å². The molecule has 4 heterocycles. The third kappa shape index (κ3) is 3.94. The summed E-state index contributed by atoms with van der Waals surface area (Å²) in [6.45, 7) is 7.14. The first kappa shape index (κ1) is 22.7. The highest BCUT2D eigenvalue weighted by atomic mass is 19.1. The van der Waals surface area contributed by atoms with E-state index >= 15 is 0 Å². The molecule has 0 fully saturated rings. The van der Waals surface area contributed by atoms with Gasteiger partial charge in [-0.15, -0.1) is 0 Å². The summed E-state index contributed by atoms with van der Waals surface area (Å²) in [6, 6.07) is 11.0. The quantitative estimate of drug-likeness (QED) is 0.458. The van der Waals surface area contributed by atoms with E-state index in [1.165, 1.54) is 34.1 Å². The van der Waals surface area contributed by atoms with E-state index in [1.807, 2.05) is 13.0 Å². The fraction of sp³-hybridized carbons (Fsp3) is 0.320. The van der Waals surface area contributed by atoms with Crippen molar-refractivity contribution in [2.45, 2.75) is 45.7 Å². The second kappa shape index (κ2) is 8.60. The minimum Gasteiger partial charge on any atom is -0.324 e. The molecule has 4 aromatic rings. The second-order valence-electron chi connectivity index (χ2n) is 9.04. The third-order valence-corrected chi connectivity index (χ3v) is 6.24. The Kier molecular flexibility index (Phi) is 5.57. The lowest BCUT2D eigenvalue weighted by Gasteiger charge is -2.18. The van der Waals surface area contributed by atoms with Crippen LogP contribution in [0.3, 0.4) is 0 Å². The van der Waals surface area contributed by atoms with Crippen LogP contribution in [-0.2, 0) is 24.9 Å². The minimum absolute atomic E-state index is 0.00419. The Balaban J connectivity index is 1.62. The first-order valence-corrected chi connectivity index (χ1v) is 11.5. The molecule has 5 rings (SSSR count). The normalized spacial score (nSPS) is 13.5. The van der Waals surface area contributed by atoms with Crippen LogP contribution in [0.25, 0.3) is 16.9 Å². The standard InChI is InChI=1S/C25H25FN8O/c1-4-33-23(35)18-13-29-24(30-17-6-5-15-9-10-28-12-16(15)11-17)32-22(18)34(33)20-8-7-19(26)21(31-20)25(2,3)14-27/h5-8,11,13,28H,4,9-10,12H2,1-3H3,(H,29,30,32). The highest BCUT2D eigenvalue weighted by molar-refractivity contribution is 5.77. The molecule has 0 radical (unpaired) electrons. The summed E-state index contributed by atoms with van der Waals surface area (Å²) in [7, 11) is 0. The molecule has 0 atom stereocenters. The molecule has 9 nitrogen and oxygen atoms in total. The monoisotopic (exact) mass is 472 g/mol. The Labute approximate surface area is 201 Å². The highest BCUT2D eigenvalue weighted by Gasteiger charge is 2.27. The summed E-state index contributed by atoms with van der Waals surface area (Å²) >= 11 is 0. The number of hydrogen-bond donors (Lipinski definition) is 2. The molecular weight excluding hydrogens is 447 g/mol. The van der Waals surface area contributed by atoms with E-state index in [4.69, 9.17) is 0 Å². The van der Waals surface area contributed by atoms with Gasteiger partial charge in [-0.05, 0) is 69.1 Å². The van der Waals surface area contributed by atoms with Crippen LogP contribution < -0.4 is 16.2 Å². The summed E-state index contributed by atoms with van der Waals surface area (Å²) in [5, 5.41) is 16.4. The lowest BCUT2D eigenvalue weighted by Crippen LogP contribution is -2.24. The number of hydrogen-bond acceptors (Lipinski definition) is 7. The second-order valence-corrected chi connectivity index (χ2v) is 9.04. The molecule has 0 aliphatic carbocycles. The lowest BCUT2D eigenvalue weighted by atomic mass is 9.90. The number of halogens is 1. The van der Waals surface area contributed by atoms with Gasteiger partial charge in [-0.2, -0.15) is 10.2 Å². The highest BCUT2D eigenvalue weighted by Crippen LogP contribution is 2.26. The van der Waals surface area contributed by atoms with Crippen LogP contribution in [0.5, 0.6) is 0 Å². The van der Waals surface area contributed by atoms with E-state index in [-0.39, 0.29) is 11.3 Å². The van der Waals surface area contributed by atoms with Crippen LogP contribution in [0.2, 0.25) is 0 Å². The van der Waals surface area contributed by atoms with Crippen molar-refractivity contribution >= 4 is 22.7 Å². The number of nitriles is 1. The summed E-state index contributed by atoms with van der Waals surface area (Å²) < 4.78 is 17.6. The van der Waals surface area contributed by atoms with Gasteiger partial charge in [-0.1, -0.05) is 6.07 Å². The molecule has 1 aromatic carbocycles. The average Bonchev–Trinajstić information content (AvgIpc) is 3.15. The maximum Gasteiger partial charge on any atom is 0.278 e. The van der Waals surface area contributed by atoms with E-state index in [2.05, 4.69) is 43.8 Å². The Morgan fingerprint density at radius 1 is 1.23 bits per heavy atom. The number of aromatic nitrogens is 5. The molecular formula is C25H25FN8O. The fourth-order valence-electron chi connectivity index (χ4n) is 4.34. The molecule has 0 bridgehead atoms. The van der Waals surface area contributed by atoms with Crippen molar-refractivity contribution in [3.63, 3.8) is 0 Å². The van der Waals surface area contributed by atoms with E-state index in [0.717, 1.165) is 25.2 Å². The van der Waals surface area contributed by atoms with Gasteiger partial charge in [0.2, 0.25) is 5.95 Å². The zero-order chi connectivity index (χ0) is 24.7. The molecule has 0 saturated heterocycles. The van der Waals surface area contributed by atoms with Crippen molar-refractivity contribution in [3.8, 4) is 11.9 Å². The predicted octanol–water partition coefficient (Wildman–Crippen LogP) is 3.33. The average molecular weight is 473 g/mol. The smallest absolute Gasteiger partial charge is 0.278 e. The van der Waals surface area contributed by atoms with Crippen molar-refractivity contribution < 1.29 is 4.39 Å². The van der Waals surface area contributed by atoms with Crippen molar-refractivity contribution in [1.82, 2.24) is 29.6 Å². The molecule has 2 N–H and O–H groups in total. The van der Waals surface area contributed by atoms with Gasteiger partial charge in [0.15, 0.2) is 11.5 Å². The molecule has 178 valence electrons. The van der Waals surface area contributed by atoms with Crippen LogP contribution in [0.1, 0.15) is 37.6 Å². The number of nitrogens with zero attached hydrogens (tertiary/aromatic N) is 6. The fourth-order valence-corrected chi connectivity index (χ4v) is 4.34. The molecule has 0 unspecified atom stereocenters. The molecule has 10 heteroatoms. The maximum absolute atomic E-state index is 14.6. The number of nitrogens with one attached hydrogen (secondary N) is 2. The Bertz CT molecular complexity index is 1550. The van der Waals surface area contributed by atoms with E-state index < -0.39 is 11.2 Å². The summed E-state index contributed by atoms with van der Waals surface area (Å²) in [5.74, 6) is 0.0344. The van der Waals surface area contributed by atoms with Crippen LogP contribution in [0.4, 0.5) is 16.0 Å². The van der Waals surface area contributed by atoms with Gasteiger partial charge in [0.1, 0.15) is 11.2 Å². The molecule has 1 aliphatic rings. The molecule has 1 aliphatic heterocycles. The van der Waals surface area contributed by atoms with Crippen LogP contribution in [-0.4, -0.2) is 30.9 Å². The first-order chi connectivity index (χ1) is 16.8. The third-order valence-electron chi connectivity index (χ3n) is 6.24. The van der Waals surface area contributed by atoms with Crippen LogP contribution in [0.15, 0.2) is 41.3 Å². The van der Waals surface area contributed by atoms with Gasteiger partial charge in [0.05, 0.1) is 17.2 Å². The molecule has 0 spiro atoms. The maximum atomic E-state index is 14.6. The topological polar surface area (TPSA) is 113 Å². The summed E-state index contributed by atoms with van der Waals surface area (Å²) in [4.78, 5) is 26.5. The number of pyridine rings is 1. The summed E-state index contributed by atoms with van der Waals surface area (Å²) in [5.41, 5.74) is 2.30. The minimum atomic E-state index is -1.15. The Hall–Kier alpha value is -4.10. The Morgan fingerprint density at radius 3 is 2.83 bits per heavy atom. The van der Waals surface area contributed by atoms with Crippen molar-refractivity contribution in [3.05, 3.63) is 69.5 Å². The Morgan fingerprint density at radius 2 is 2.06 bits per heavy atom. The molecule has 35 heavy (non-hydrogen) atoms. The zero-order valence-electron chi connectivity index (χ0n) is 19.8. The first-order valence-electron chi connectivity index (χ1n) is 11.5. The SMILES string of the molecule is CCn1c(=O)c2cnc(Nc3ccc4c(c3)CNCC4)nc2n1-c1ccc(F)c(C(C)(C)C#N)n1. The number of anilines is 2. The number of fused-ring (bicyclic) bond motifs is 2. The van der Waals surface area contributed by atoms with Gasteiger partial charge < -0.3 is 10.6 Å². The van der Waals surface area contributed by atoms with Crippen molar-refractivity contribution in [2.24, 2.45) is 0 Å².